The molecule has 1 aromatic carbocycles. The summed E-state index contributed by atoms with van der Waals surface area (Å²) in [6.07, 6.45) is 1.07. The van der Waals surface area contributed by atoms with Crippen molar-refractivity contribution in [3.8, 4) is 0 Å². The van der Waals surface area contributed by atoms with Gasteiger partial charge in [0.2, 0.25) is 5.91 Å². The Bertz CT molecular complexity index is 477. The lowest BCUT2D eigenvalue weighted by Crippen LogP contribution is -2.48. The number of amides is 1. The number of rotatable bonds is 1. The summed E-state index contributed by atoms with van der Waals surface area (Å²) in [6, 6.07) is 8.55. The number of carbonyl (C=O) groups is 1. The van der Waals surface area contributed by atoms with Crippen molar-refractivity contribution in [3.05, 3.63) is 35.4 Å². The van der Waals surface area contributed by atoms with Crippen molar-refractivity contribution in [1.82, 2.24) is 4.90 Å². The molecule has 3 rings (SSSR count). The Labute approximate surface area is 118 Å². The van der Waals surface area contributed by atoms with Crippen molar-refractivity contribution in [2.75, 3.05) is 25.5 Å². The minimum atomic E-state index is -0.0227. The molecule has 4 heteroatoms. The third-order valence-electron chi connectivity index (χ3n) is 3.87. The summed E-state index contributed by atoms with van der Waals surface area (Å²) in [5, 5.41) is -0.0227. The maximum absolute atomic E-state index is 12.8. The molecule has 2 aliphatic heterocycles. The first-order chi connectivity index (χ1) is 9.27. The second-order valence-corrected chi connectivity index (χ2v) is 6.37. The van der Waals surface area contributed by atoms with Gasteiger partial charge in [0.05, 0.1) is 19.3 Å². The Hall–Kier alpha value is -1.00. The van der Waals surface area contributed by atoms with Gasteiger partial charge in [0, 0.05) is 6.54 Å². The van der Waals surface area contributed by atoms with E-state index >= 15 is 0 Å². The van der Waals surface area contributed by atoms with Crippen LogP contribution in [-0.4, -0.2) is 42.4 Å². The zero-order chi connectivity index (χ0) is 13.2. The summed E-state index contributed by atoms with van der Waals surface area (Å²) in [7, 11) is 0. The van der Waals surface area contributed by atoms with E-state index in [4.69, 9.17) is 4.74 Å². The lowest BCUT2D eigenvalue weighted by atomic mass is 10.0. The molecule has 102 valence electrons. The fraction of sp³-hybridized carbons (Fsp3) is 0.533. The zero-order valence-electron chi connectivity index (χ0n) is 11.2. The fourth-order valence-electron chi connectivity index (χ4n) is 2.80. The average molecular weight is 277 g/mol. The van der Waals surface area contributed by atoms with Crippen LogP contribution in [0.2, 0.25) is 0 Å². The second-order valence-electron chi connectivity index (χ2n) is 5.16. The first-order valence-electron chi connectivity index (χ1n) is 6.85. The van der Waals surface area contributed by atoms with Crippen LogP contribution in [0.1, 0.15) is 23.3 Å². The molecule has 1 saturated heterocycles. The molecule has 0 aliphatic carbocycles. The minimum absolute atomic E-state index is 0.0227. The van der Waals surface area contributed by atoms with E-state index in [0.29, 0.717) is 13.2 Å². The van der Waals surface area contributed by atoms with Gasteiger partial charge in [-0.1, -0.05) is 24.3 Å². The van der Waals surface area contributed by atoms with Gasteiger partial charge < -0.3 is 9.64 Å². The van der Waals surface area contributed by atoms with Crippen LogP contribution in [0, 0.1) is 0 Å². The van der Waals surface area contributed by atoms with E-state index in [9.17, 15) is 4.79 Å². The van der Waals surface area contributed by atoms with Gasteiger partial charge in [0.1, 0.15) is 5.25 Å². The van der Waals surface area contributed by atoms with Crippen LogP contribution < -0.4 is 0 Å². The molecule has 2 atom stereocenters. The number of ether oxygens (including phenoxy) is 1. The van der Waals surface area contributed by atoms with Gasteiger partial charge in [-0.2, -0.15) is 0 Å². The second kappa shape index (κ2) is 5.55. The highest BCUT2D eigenvalue weighted by atomic mass is 32.2. The van der Waals surface area contributed by atoms with Gasteiger partial charge in [0.15, 0.2) is 0 Å². The maximum atomic E-state index is 12.8. The van der Waals surface area contributed by atoms with Crippen LogP contribution in [0.4, 0.5) is 0 Å². The van der Waals surface area contributed by atoms with Crippen molar-refractivity contribution < 1.29 is 9.53 Å². The van der Waals surface area contributed by atoms with E-state index in [1.807, 2.05) is 11.0 Å². The molecule has 0 aromatic heterocycles. The molecule has 3 nitrogen and oxygen atoms in total. The molecule has 2 aliphatic rings. The lowest BCUT2D eigenvalue weighted by Gasteiger charge is -2.37. The quantitative estimate of drug-likeness (QED) is 0.788. The van der Waals surface area contributed by atoms with Crippen molar-refractivity contribution in [1.29, 1.82) is 0 Å². The summed E-state index contributed by atoms with van der Waals surface area (Å²) in [5.41, 5.74) is 2.54. The van der Waals surface area contributed by atoms with Crippen LogP contribution in [0.5, 0.6) is 0 Å². The molecular formula is C15H19NO2S. The SMILES string of the molecule is CC1COCCN1C(=O)C1SCCc2ccccc21. The van der Waals surface area contributed by atoms with Gasteiger partial charge in [-0.3, -0.25) is 4.79 Å². The highest BCUT2D eigenvalue weighted by molar-refractivity contribution is 8.00. The van der Waals surface area contributed by atoms with Crippen molar-refractivity contribution in [2.24, 2.45) is 0 Å². The van der Waals surface area contributed by atoms with Gasteiger partial charge in [0.25, 0.3) is 0 Å². The standard InChI is InChI=1S/C15H19NO2S/c1-11-10-18-8-7-16(11)15(17)14-13-5-3-2-4-12(13)6-9-19-14/h2-5,11,14H,6-10H2,1H3. The van der Waals surface area contributed by atoms with Gasteiger partial charge in [-0.15, -0.1) is 11.8 Å². The largest absolute Gasteiger partial charge is 0.377 e. The van der Waals surface area contributed by atoms with Crippen molar-refractivity contribution in [3.63, 3.8) is 0 Å². The fourth-order valence-corrected chi connectivity index (χ4v) is 4.06. The Kier molecular flexibility index (Phi) is 3.80. The number of hydrogen-bond acceptors (Lipinski definition) is 3. The number of thioether (sulfide) groups is 1. The van der Waals surface area contributed by atoms with Crippen LogP contribution >= 0.6 is 11.8 Å². The number of hydrogen-bond donors (Lipinski definition) is 0. The van der Waals surface area contributed by atoms with E-state index in [1.54, 1.807) is 11.8 Å². The van der Waals surface area contributed by atoms with E-state index in [2.05, 4.69) is 25.1 Å². The van der Waals surface area contributed by atoms with Crippen molar-refractivity contribution in [2.45, 2.75) is 24.6 Å². The maximum Gasteiger partial charge on any atom is 0.240 e. The number of benzene rings is 1. The molecule has 19 heavy (non-hydrogen) atoms. The summed E-state index contributed by atoms with van der Waals surface area (Å²) in [4.78, 5) is 14.8. The summed E-state index contributed by atoms with van der Waals surface area (Å²) < 4.78 is 5.42. The topological polar surface area (TPSA) is 29.5 Å². The smallest absolute Gasteiger partial charge is 0.240 e. The lowest BCUT2D eigenvalue weighted by molar-refractivity contribution is -0.138. The first kappa shape index (κ1) is 13.0. The van der Waals surface area contributed by atoms with Gasteiger partial charge >= 0.3 is 0 Å². The Balaban J connectivity index is 1.84. The zero-order valence-corrected chi connectivity index (χ0v) is 12.0. The molecular weight excluding hydrogens is 258 g/mol. The van der Waals surface area contributed by atoms with E-state index < -0.39 is 0 Å². The molecule has 1 amide bonds. The highest BCUT2D eigenvalue weighted by Crippen LogP contribution is 2.38. The molecule has 2 heterocycles. The summed E-state index contributed by atoms with van der Waals surface area (Å²) in [6.45, 7) is 4.11. The van der Waals surface area contributed by atoms with Crippen LogP contribution in [0.3, 0.4) is 0 Å². The molecule has 0 saturated carbocycles. The van der Waals surface area contributed by atoms with E-state index in [1.165, 1.54) is 11.1 Å². The Morgan fingerprint density at radius 2 is 2.26 bits per heavy atom. The predicted molar refractivity (Wildman–Crippen MR) is 77.3 cm³/mol. The Morgan fingerprint density at radius 1 is 1.42 bits per heavy atom. The number of aryl methyl sites for hydroxylation is 1. The molecule has 1 aromatic rings. The first-order valence-corrected chi connectivity index (χ1v) is 7.90. The third-order valence-corrected chi connectivity index (χ3v) is 5.10. The molecule has 0 bridgehead atoms. The summed E-state index contributed by atoms with van der Waals surface area (Å²) >= 11 is 1.78. The average Bonchev–Trinajstić information content (AvgIpc) is 2.46. The van der Waals surface area contributed by atoms with E-state index in [0.717, 1.165) is 18.7 Å². The Morgan fingerprint density at radius 3 is 3.11 bits per heavy atom. The number of nitrogens with zero attached hydrogens (tertiary/aromatic N) is 1. The monoisotopic (exact) mass is 277 g/mol. The number of fused-ring (bicyclic) bond motifs is 1. The molecule has 0 radical (unpaired) electrons. The van der Waals surface area contributed by atoms with Gasteiger partial charge in [-0.25, -0.2) is 0 Å². The van der Waals surface area contributed by atoms with Crippen LogP contribution in [0.15, 0.2) is 24.3 Å². The molecule has 0 spiro atoms. The van der Waals surface area contributed by atoms with E-state index in [-0.39, 0.29) is 17.2 Å². The van der Waals surface area contributed by atoms with Crippen LogP contribution in [0.25, 0.3) is 0 Å². The number of morpholine rings is 1. The third kappa shape index (κ3) is 2.51. The number of carbonyl (C=O) groups excluding carboxylic acids is 1. The molecule has 0 N–H and O–H groups in total. The minimum Gasteiger partial charge on any atom is -0.377 e. The molecule has 1 fully saturated rings. The molecule has 2 unspecified atom stereocenters. The summed E-state index contributed by atoms with van der Waals surface area (Å²) in [5.74, 6) is 1.29. The van der Waals surface area contributed by atoms with Crippen molar-refractivity contribution >= 4 is 17.7 Å². The van der Waals surface area contributed by atoms with Crippen LogP contribution in [-0.2, 0) is 16.0 Å². The highest BCUT2D eigenvalue weighted by Gasteiger charge is 2.33. The predicted octanol–water partition coefficient (Wildman–Crippen LogP) is 2.26. The van der Waals surface area contributed by atoms with Gasteiger partial charge in [-0.05, 0) is 30.2 Å². The normalized spacial score (nSPS) is 26.9.